The minimum Gasteiger partial charge on any atom is -0.352 e. The summed E-state index contributed by atoms with van der Waals surface area (Å²) in [6.07, 6.45) is 12.7. The van der Waals surface area contributed by atoms with Gasteiger partial charge < -0.3 is 10.2 Å². The van der Waals surface area contributed by atoms with Crippen LogP contribution in [0.2, 0.25) is 0 Å². The number of likely N-dealkylation sites (N-methyl/N-ethyl adjacent to an activating group) is 1. The summed E-state index contributed by atoms with van der Waals surface area (Å²) in [7, 11) is 2.12. The molecule has 36 heavy (non-hydrogen) atoms. The van der Waals surface area contributed by atoms with Gasteiger partial charge in [-0.15, -0.1) is 0 Å². The lowest BCUT2D eigenvalue weighted by Crippen LogP contribution is -2.31. The number of hydrogen-bond acceptors (Lipinski definition) is 5. The van der Waals surface area contributed by atoms with E-state index in [1.165, 1.54) is 16.7 Å². The van der Waals surface area contributed by atoms with Gasteiger partial charge in [-0.25, -0.2) is 9.97 Å². The molecule has 0 bridgehead atoms. The van der Waals surface area contributed by atoms with Gasteiger partial charge >= 0.3 is 0 Å². The Hall–Kier alpha value is -3.21. The van der Waals surface area contributed by atoms with Crippen molar-refractivity contribution < 1.29 is 0 Å². The number of rotatable bonds is 5. The zero-order valence-electron chi connectivity index (χ0n) is 23.1. The summed E-state index contributed by atoms with van der Waals surface area (Å²) in [6.45, 7) is 15.6. The quantitative estimate of drug-likeness (QED) is 0.373. The van der Waals surface area contributed by atoms with Crippen molar-refractivity contribution in [2.24, 2.45) is 0 Å². The van der Waals surface area contributed by atoms with E-state index in [1.807, 2.05) is 18.6 Å². The van der Waals surface area contributed by atoms with E-state index in [-0.39, 0.29) is 11.5 Å². The summed E-state index contributed by atoms with van der Waals surface area (Å²) < 4.78 is 0. The molecule has 0 fully saturated rings. The highest BCUT2D eigenvalue weighted by atomic mass is 15.2. The maximum absolute atomic E-state index is 5.22. The monoisotopic (exact) mass is 483 g/mol. The first-order valence-corrected chi connectivity index (χ1v) is 13.4. The van der Waals surface area contributed by atoms with E-state index in [1.54, 1.807) is 0 Å². The van der Waals surface area contributed by atoms with Crippen molar-refractivity contribution in [3.05, 3.63) is 71.7 Å². The summed E-state index contributed by atoms with van der Waals surface area (Å²) in [5.74, 6) is 2.30. The molecular weight excluding hydrogens is 442 g/mol. The van der Waals surface area contributed by atoms with Gasteiger partial charge in [0.25, 0.3) is 0 Å². The third kappa shape index (κ3) is 4.63. The molecule has 190 valence electrons. The molecule has 0 amide bonds. The molecule has 0 saturated heterocycles. The lowest BCUT2D eigenvalue weighted by Gasteiger charge is -2.35. The van der Waals surface area contributed by atoms with Gasteiger partial charge in [-0.1, -0.05) is 71.9 Å². The molecule has 1 unspecified atom stereocenters. The van der Waals surface area contributed by atoms with Crippen LogP contribution >= 0.6 is 0 Å². The van der Waals surface area contributed by atoms with Gasteiger partial charge in [0.2, 0.25) is 0 Å². The summed E-state index contributed by atoms with van der Waals surface area (Å²) in [6, 6.07) is 8.83. The first-order valence-electron chi connectivity index (χ1n) is 13.4. The van der Waals surface area contributed by atoms with E-state index in [2.05, 4.69) is 107 Å². The SMILES string of the molecule is CCC1(CC)/C=C\C(C)N(C)c2nc(-c3c(C(C)C)cncc3C(C)C)ncc2Nc2ccccc21. The molecule has 1 atom stereocenters. The zero-order chi connectivity index (χ0) is 26.0. The highest BCUT2D eigenvalue weighted by Gasteiger charge is 2.30. The van der Waals surface area contributed by atoms with Crippen molar-refractivity contribution in [1.82, 2.24) is 15.0 Å². The van der Waals surface area contributed by atoms with Crippen LogP contribution in [0, 0.1) is 0 Å². The molecule has 3 aromatic rings. The number of aromatic nitrogens is 3. The minimum atomic E-state index is -0.0215. The second-order valence-electron chi connectivity index (χ2n) is 10.7. The number of para-hydroxylation sites is 1. The van der Waals surface area contributed by atoms with Crippen LogP contribution in [0.4, 0.5) is 17.2 Å². The van der Waals surface area contributed by atoms with Crippen LogP contribution in [0.25, 0.3) is 11.4 Å². The molecule has 2 aromatic heterocycles. The van der Waals surface area contributed by atoms with Gasteiger partial charge in [-0.3, -0.25) is 4.98 Å². The number of fused-ring (bicyclic) bond motifs is 2. The van der Waals surface area contributed by atoms with Crippen molar-refractivity contribution in [3.8, 4) is 11.4 Å². The molecule has 4 rings (SSSR count). The number of nitrogens with one attached hydrogen (secondary N) is 1. The summed E-state index contributed by atoms with van der Waals surface area (Å²) >= 11 is 0. The van der Waals surface area contributed by atoms with Crippen LogP contribution in [-0.4, -0.2) is 28.0 Å². The third-order valence-corrected chi connectivity index (χ3v) is 7.87. The lowest BCUT2D eigenvalue weighted by molar-refractivity contribution is 0.496. The number of hydrogen-bond donors (Lipinski definition) is 1. The molecule has 5 heteroatoms. The molecule has 0 aliphatic carbocycles. The highest BCUT2D eigenvalue weighted by Crippen LogP contribution is 2.42. The van der Waals surface area contributed by atoms with Gasteiger partial charge in [-0.05, 0) is 54.4 Å². The topological polar surface area (TPSA) is 53.9 Å². The summed E-state index contributed by atoms with van der Waals surface area (Å²) in [4.78, 5) is 16.9. The van der Waals surface area contributed by atoms with E-state index in [4.69, 9.17) is 9.97 Å². The van der Waals surface area contributed by atoms with Gasteiger partial charge in [0.15, 0.2) is 11.6 Å². The fourth-order valence-electron chi connectivity index (χ4n) is 5.25. The number of benzene rings is 1. The molecule has 1 aliphatic heterocycles. The predicted molar refractivity (Wildman–Crippen MR) is 152 cm³/mol. The number of anilines is 3. The molecule has 0 spiro atoms. The second kappa shape index (κ2) is 10.4. The Labute approximate surface area is 217 Å². The third-order valence-electron chi connectivity index (χ3n) is 7.87. The molecule has 0 radical (unpaired) electrons. The van der Waals surface area contributed by atoms with E-state index in [9.17, 15) is 0 Å². The van der Waals surface area contributed by atoms with Crippen LogP contribution in [0.5, 0.6) is 0 Å². The van der Waals surface area contributed by atoms with Crippen molar-refractivity contribution in [2.45, 2.75) is 84.6 Å². The molecule has 3 heterocycles. The van der Waals surface area contributed by atoms with Crippen molar-refractivity contribution in [1.29, 1.82) is 0 Å². The summed E-state index contributed by atoms with van der Waals surface area (Å²) in [5.41, 5.74) is 6.81. The summed E-state index contributed by atoms with van der Waals surface area (Å²) in [5, 5.41) is 3.73. The molecule has 0 saturated carbocycles. The predicted octanol–water partition coefficient (Wildman–Crippen LogP) is 7.98. The maximum atomic E-state index is 5.22. The van der Waals surface area contributed by atoms with Crippen LogP contribution in [0.15, 0.2) is 55.0 Å². The van der Waals surface area contributed by atoms with Crippen molar-refractivity contribution in [2.75, 3.05) is 17.3 Å². The number of pyridine rings is 1. The van der Waals surface area contributed by atoms with Crippen LogP contribution in [0.3, 0.4) is 0 Å². The Kier molecular flexibility index (Phi) is 7.49. The first kappa shape index (κ1) is 25.9. The van der Waals surface area contributed by atoms with E-state index in [0.29, 0.717) is 11.8 Å². The lowest BCUT2D eigenvalue weighted by atomic mass is 9.74. The van der Waals surface area contributed by atoms with Crippen molar-refractivity contribution in [3.63, 3.8) is 0 Å². The van der Waals surface area contributed by atoms with E-state index in [0.717, 1.165) is 41.4 Å². The normalized spacial score (nSPS) is 17.9. The Morgan fingerprint density at radius 2 is 1.58 bits per heavy atom. The Morgan fingerprint density at radius 3 is 2.19 bits per heavy atom. The zero-order valence-corrected chi connectivity index (χ0v) is 23.1. The maximum Gasteiger partial charge on any atom is 0.162 e. The Morgan fingerprint density at radius 1 is 0.944 bits per heavy atom. The number of nitrogens with zero attached hydrogens (tertiary/aromatic N) is 4. The van der Waals surface area contributed by atoms with E-state index < -0.39 is 0 Å². The van der Waals surface area contributed by atoms with Gasteiger partial charge in [0.1, 0.15) is 5.69 Å². The Bertz CT molecular complexity index is 1210. The molecular formula is C31H41N5. The molecule has 5 nitrogen and oxygen atoms in total. The molecule has 1 aliphatic rings. The van der Waals surface area contributed by atoms with Gasteiger partial charge in [0, 0.05) is 42.1 Å². The standard InChI is InChI=1S/C31H41N5/c1-9-31(10-2)16-15-22(7)36(8)30-27(34-26-14-12-11-13-25(26)31)19-33-29(35-30)28-23(20(3)4)17-32-18-24(28)21(5)6/h11-22,34H,9-10H2,1-8H3/b16-15-. The fraction of sp³-hybridized carbons (Fsp3) is 0.452. The van der Waals surface area contributed by atoms with Gasteiger partial charge in [0.05, 0.1) is 6.20 Å². The van der Waals surface area contributed by atoms with Crippen LogP contribution < -0.4 is 10.2 Å². The Balaban J connectivity index is 1.94. The average molecular weight is 484 g/mol. The second-order valence-corrected chi connectivity index (χ2v) is 10.7. The smallest absolute Gasteiger partial charge is 0.162 e. The van der Waals surface area contributed by atoms with Gasteiger partial charge in [-0.2, -0.15) is 0 Å². The first-order chi connectivity index (χ1) is 17.2. The molecule has 1 aromatic carbocycles. The van der Waals surface area contributed by atoms with Crippen LogP contribution in [0.1, 0.15) is 89.8 Å². The molecule has 1 N–H and O–H groups in total. The van der Waals surface area contributed by atoms with Crippen LogP contribution in [-0.2, 0) is 5.41 Å². The minimum absolute atomic E-state index is 0.0215. The fourth-order valence-corrected chi connectivity index (χ4v) is 5.25. The average Bonchev–Trinajstić information content (AvgIpc) is 2.89. The van der Waals surface area contributed by atoms with Crippen molar-refractivity contribution >= 4 is 17.2 Å². The number of allylic oxidation sites excluding steroid dienone is 1. The highest BCUT2D eigenvalue weighted by molar-refractivity contribution is 5.77. The largest absolute Gasteiger partial charge is 0.352 e. The van der Waals surface area contributed by atoms with E-state index >= 15 is 0 Å².